The van der Waals surface area contributed by atoms with E-state index in [4.69, 9.17) is 16.3 Å². The molecule has 0 saturated carbocycles. The van der Waals surface area contributed by atoms with E-state index in [2.05, 4.69) is 5.32 Å². The van der Waals surface area contributed by atoms with E-state index in [0.29, 0.717) is 5.02 Å². The predicted octanol–water partition coefficient (Wildman–Crippen LogP) is 3.45. The number of nitrogens with one attached hydrogen (secondary N) is 1. The predicted molar refractivity (Wildman–Crippen MR) is 74.0 cm³/mol. The van der Waals surface area contributed by atoms with Crippen LogP contribution >= 0.6 is 11.6 Å². The monoisotopic (exact) mass is 295 g/mol. The standard InChI is InChI=1S/C14H11ClFNO3/c1-20-13-5-2-8(6-12(13)18)14(19)17-11-7-9(15)3-4-10(11)16/h2-7,18H,1H3,(H,17,19). The Kier molecular flexibility index (Phi) is 4.10. The molecule has 0 aliphatic carbocycles. The van der Waals surface area contributed by atoms with Crippen molar-refractivity contribution < 1.29 is 19.0 Å². The van der Waals surface area contributed by atoms with E-state index < -0.39 is 11.7 Å². The molecule has 2 aromatic carbocycles. The van der Waals surface area contributed by atoms with Crippen LogP contribution in [0, 0.1) is 5.82 Å². The number of ether oxygens (including phenoxy) is 1. The number of hydrogen-bond acceptors (Lipinski definition) is 3. The van der Waals surface area contributed by atoms with Gasteiger partial charge in [0.05, 0.1) is 12.8 Å². The molecule has 6 heteroatoms. The summed E-state index contributed by atoms with van der Waals surface area (Å²) in [5, 5.41) is 12.3. The van der Waals surface area contributed by atoms with Gasteiger partial charge in [0.2, 0.25) is 0 Å². The van der Waals surface area contributed by atoms with Gasteiger partial charge in [-0.05, 0) is 36.4 Å². The highest BCUT2D eigenvalue weighted by atomic mass is 35.5. The fraction of sp³-hybridized carbons (Fsp3) is 0.0714. The number of benzene rings is 2. The van der Waals surface area contributed by atoms with Gasteiger partial charge in [0.25, 0.3) is 5.91 Å². The van der Waals surface area contributed by atoms with Crippen LogP contribution in [0.25, 0.3) is 0 Å². The van der Waals surface area contributed by atoms with Crippen LogP contribution in [0.3, 0.4) is 0 Å². The Morgan fingerprint density at radius 1 is 1.30 bits per heavy atom. The normalized spacial score (nSPS) is 10.2. The van der Waals surface area contributed by atoms with Gasteiger partial charge in [-0.15, -0.1) is 0 Å². The Labute approximate surface area is 119 Å². The van der Waals surface area contributed by atoms with E-state index in [9.17, 15) is 14.3 Å². The molecule has 0 heterocycles. The molecule has 2 rings (SSSR count). The van der Waals surface area contributed by atoms with Crippen molar-refractivity contribution in [1.82, 2.24) is 0 Å². The molecular formula is C14H11ClFNO3. The molecule has 2 aromatic rings. The van der Waals surface area contributed by atoms with E-state index in [1.165, 1.54) is 37.4 Å². The molecule has 20 heavy (non-hydrogen) atoms. The van der Waals surface area contributed by atoms with Gasteiger partial charge in [-0.1, -0.05) is 11.6 Å². The van der Waals surface area contributed by atoms with Crippen molar-refractivity contribution in [3.63, 3.8) is 0 Å². The highest BCUT2D eigenvalue weighted by Gasteiger charge is 2.12. The average Bonchev–Trinajstić information content (AvgIpc) is 2.42. The zero-order valence-corrected chi connectivity index (χ0v) is 11.2. The molecule has 0 bridgehead atoms. The summed E-state index contributed by atoms with van der Waals surface area (Å²) in [4.78, 5) is 12.0. The fourth-order valence-corrected chi connectivity index (χ4v) is 1.79. The van der Waals surface area contributed by atoms with Crippen LogP contribution in [-0.2, 0) is 0 Å². The van der Waals surface area contributed by atoms with Gasteiger partial charge in [-0.3, -0.25) is 4.79 Å². The molecule has 1 amide bonds. The number of phenolic OH excluding ortho intramolecular Hbond substituents is 1. The number of methoxy groups -OCH3 is 1. The molecule has 0 unspecified atom stereocenters. The quantitative estimate of drug-likeness (QED) is 0.912. The van der Waals surface area contributed by atoms with E-state index in [0.717, 1.165) is 6.07 Å². The van der Waals surface area contributed by atoms with Crippen molar-refractivity contribution in [3.05, 3.63) is 52.8 Å². The van der Waals surface area contributed by atoms with Crippen molar-refractivity contribution in [2.24, 2.45) is 0 Å². The van der Waals surface area contributed by atoms with Gasteiger partial charge in [0, 0.05) is 10.6 Å². The molecule has 0 fully saturated rings. The Bertz CT molecular complexity index is 661. The first kappa shape index (κ1) is 14.1. The van der Waals surface area contributed by atoms with Gasteiger partial charge >= 0.3 is 0 Å². The number of hydrogen-bond donors (Lipinski definition) is 2. The molecule has 0 aromatic heterocycles. The summed E-state index contributed by atoms with van der Waals surface area (Å²) in [5.41, 5.74) is 0.139. The number of rotatable bonds is 3. The molecule has 0 aliphatic heterocycles. The molecule has 0 saturated heterocycles. The van der Waals surface area contributed by atoms with Crippen LogP contribution in [0.15, 0.2) is 36.4 Å². The third-order valence-corrected chi connectivity index (χ3v) is 2.85. The average molecular weight is 296 g/mol. The number of carbonyl (C=O) groups excluding carboxylic acids is 1. The van der Waals surface area contributed by atoms with Gasteiger partial charge < -0.3 is 15.2 Å². The summed E-state index contributed by atoms with van der Waals surface area (Å²) in [6.45, 7) is 0. The summed E-state index contributed by atoms with van der Waals surface area (Å²) in [7, 11) is 1.40. The SMILES string of the molecule is COc1ccc(C(=O)Nc2cc(Cl)ccc2F)cc1O. The lowest BCUT2D eigenvalue weighted by atomic mass is 10.2. The summed E-state index contributed by atoms with van der Waals surface area (Å²) >= 11 is 5.74. The molecule has 104 valence electrons. The Balaban J connectivity index is 2.24. The van der Waals surface area contributed by atoms with Crippen LogP contribution in [-0.4, -0.2) is 18.1 Å². The summed E-state index contributed by atoms with van der Waals surface area (Å²) < 4.78 is 18.4. The molecule has 0 radical (unpaired) electrons. The number of amides is 1. The van der Waals surface area contributed by atoms with Crippen molar-refractivity contribution in [2.45, 2.75) is 0 Å². The summed E-state index contributed by atoms with van der Waals surface area (Å²) in [6, 6.07) is 7.97. The van der Waals surface area contributed by atoms with Gasteiger partial charge in [0.1, 0.15) is 5.82 Å². The second-order valence-electron chi connectivity index (χ2n) is 3.96. The van der Waals surface area contributed by atoms with Crippen molar-refractivity contribution in [3.8, 4) is 11.5 Å². The second kappa shape index (κ2) is 5.79. The highest BCUT2D eigenvalue weighted by Crippen LogP contribution is 2.27. The number of carbonyl (C=O) groups is 1. The van der Waals surface area contributed by atoms with Crippen LogP contribution in [0.5, 0.6) is 11.5 Å². The van der Waals surface area contributed by atoms with Gasteiger partial charge in [0.15, 0.2) is 11.5 Å². The van der Waals surface area contributed by atoms with Crippen LogP contribution in [0.4, 0.5) is 10.1 Å². The minimum absolute atomic E-state index is 0.0298. The summed E-state index contributed by atoms with van der Waals surface area (Å²) in [5.74, 6) is -1.09. The van der Waals surface area contributed by atoms with Crippen molar-refractivity contribution in [2.75, 3.05) is 12.4 Å². The zero-order chi connectivity index (χ0) is 14.7. The fourth-order valence-electron chi connectivity index (χ4n) is 1.62. The smallest absolute Gasteiger partial charge is 0.255 e. The van der Waals surface area contributed by atoms with Crippen molar-refractivity contribution in [1.29, 1.82) is 0 Å². The lowest BCUT2D eigenvalue weighted by Gasteiger charge is -2.08. The number of phenols is 1. The molecule has 4 nitrogen and oxygen atoms in total. The number of halogens is 2. The maximum atomic E-state index is 13.5. The van der Waals surface area contributed by atoms with E-state index in [1.807, 2.05) is 0 Å². The highest BCUT2D eigenvalue weighted by molar-refractivity contribution is 6.31. The Morgan fingerprint density at radius 2 is 2.05 bits per heavy atom. The minimum Gasteiger partial charge on any atom is -0.504 e. The lowest BCUT2D eigenvalue weighted by Crippen LogP contribution is -2.13. The molecular weight excluding hydrogens is 285 g/mol. The molecule has 0 atom stereocenters. The third-order valence-electron chi connectivity index (χ3n) is 2.62. The van der Waals surface area contributed by atoms with Crippen LogP contribution in [0.2, 0.25) is 5.02 Å². The second-order valence-corrected chi connectivity index (χ2v) is 4.40. The van der Waals surface area contributed by atoms with Gasteiger partial charge in [-0.25, -0.2) is 4.39 Å². The lowest BCUT2D eigenvalue weighted by molar-refractivity contribution is 0.102. The molecule has 0 aliphatic rings. The molecule has 0 spiro atoms. The Morgan fingerprint density at radius 3 is 2.70 bits per heavy atom. The minimum atomic E-state index is -0.597. The maximum absolute atomic E-state index is 13.5. The van der Waals surface area contributed by atoms with E-state index >= 15 is 0 Å². The number of anilines is 1. The first-order valence-electron chi connectivity index (χ1n) is 5.64. The van der Waals surface area contributed by atoms with E-state index in [1.54, 1.807) is 0 Å². The maximum Gasteiger partial charge on any atom is 0.255 e. The van der Waals surface area contributed by atoms with E-state index in [-0.39, 0.29) is 22.7 Å². The van der Waals surface area contributed by atoms with Crippen LogP contribution < -0.4 is 10.1 Å². The van der Waals surface area contributed by atoms with Crippen molar-refractivity contribution >= 4 is 23.2 Å². The first-order valence-corrected chi connectivity index (χ1v) is 6.02. The number of aromatic hydroxyl groups is 1. The largest absolute Gasteiger partial charge is 0.504 e. The molecule has 2 N–H and O–H groups in total. The zero-order valence-electron chi connectivity index (χ0n) is 10.5. The third kappa shape index (κ3) is 3.00. The van der Waals surface area contributed by atoms with Crippen LogP contribution in [0.1, 0.15) is 10.4 Å². The van der Waals surface area contributed by atoms with Gasteiger partial charge in [-0.2, -0.15) is 0 Å². The summed E-state index contributed by atoms with van der Waals surface area (Å²) in [6.07, 6.45) is 0. The first-order chi connectivity index (χ1) is 9.51. The Hall–Kier alpha value is -2.27. The topological polar surface area (TPSA) is 58.6 Å².